The molecule has 0 aliphatic heterocycles. The summed E-state index contributed by atoms with van der Waals surface area (Å²) in [5.74, 6) is 0.569. The Balaban J connectivity index is 3.07. The summed E-state index contributed by atoms with van der Waals surface area (Å²) in [5.41, 5.74) is 2.91. The second kappa shape index (κ2) is 5.92. The summed E-state index contributed by atoms with van der Waals surface area (Å²) >= 11 is 6.13. The summed E-state index contributed by atoms with van der Waals surface area (Å²) in [4.78, 5) is 11.2. The molecular formula is C13H17ClO3. The number of methoxy groups -OCH3 is 2. The Labute approximate surface area is 107 Å². The molecule has 0 unspecified atom stereocenters. The minimum Gasteiger partial charge on any atom is -0.496 e. The average Bonchev–Trinajstić information content (AvgIpc) is 2.31. The Bertz CT molecular complexity index is 427. The van der Waals surface area contributed by atoms with Crippen molar-refractivity contribution < 1.29 is 14.3 Å². The molecule has 94 valence electrons. The lowest BCUT2D eigenvalue weighted by Gasteiger charge is -2.15. The fourth-order valence-electron chi connectivity index (χ4n) is 1.83. The Morgan fingerprint density at radius 3 is 2.53 bits per heavy atom. The van der Waals surface area contributed by atoms with Crippen molar-refractivity contribution in [3.63, 3.8) is 0 Å². The van der Waals surface area contributed by atoms with Gasteiger partial charge in [0.1, 0.15) is 5.75 Å². The van der Waals surface area contributed by atoms with Crippen LogP contribution in [0.15, 0.2) is 6.07 Å². The maximum atomic E-state index is 11.2. The van der Waals surface area contributed by atoms with E-state index in [0.717, 1.165) is 22.4 Å². The van der Waals surface area contributed by atoms with Crippen molar-refractivity contribution in [1.82, 2.24) is 0 Å². The number of halogens is 1. The molecule has 0 aliphatic carbocycles. The Morgan fingerprint density at radius 1 is 1.35 bits per heavy atom. The summed E-state index contributed by atoms with van der Waals surface area (Å²) in [6.07, 6.45) is 0.899. The van der Waals surface area contributed by atoms with Crippen molar-refractivity contribution >= 4 is 17.6 Å². The second-order valence-electron chi connectivity index (χ2n) is 3.89. The van der Waals surface area contributed by atoms with Gasteiger partial charge in [0, 0.05) is 11.4 Å². The molecule has 0 atom stereocenters. The van der Waals surface area contributed by atoms with Gasteiger partial charge in [-0.2, -0.15) is 0 Å². The molecule has 0 aromatic heterocycles. The molecule has 4 heteroatoms. The summed E-state index contributed by atoms with van der Waals surface area (Å²) in [7, 11) is 3.01. The molecule has 0 saturated carbocycles. The SMILES string of the molecule is COC(=O)CCc1c(C)c(Cl)cc(C)c1OC. The summed E-state index contributed by atoms with van der Waals surface area (Å²) in [6.45, 7) is 3.86. The number of ether oxygens (including phenoxy) is 2. The number of carbonyl (C=O) groups excluding carboxylic acids is 1. The average molecular weight is 257 g/mol. The quantitative estimate of drug-likeness (QED) is 0.777. The first kappa shape index (κ1) is 13.8. The first-order chi connectivity index (χ1) is 8.01. The van der Waals surface area contributed by atoms with E-state index in [1.165, 1.54) is 7.11 Å². The van der Waals surface area contributed by atoms with E-state index in [0.29, 0.717) is 17.9 Å². The third kappa shape index (κ3) is 3.13. The molecule has 0 aliphatic rings. The predicted molar refractivity (Wildman–Crippen MR) is 67.8 cm³/mol. The van der Waals surface area contributed by atoms with E-state index in [1.54, 1.807) is 7.11 Å². The maximum Gasteiger partial charge on any atom is 0.305 e. The van der Waals surface area contributed by atoms with Crippen LogP contribution in [0, 0.1) is 13.8 Å². The number of aryl methyl sites for hydroxylation is 1. The van der Waals surface area contributed by atoms with Gasteiger partial charge in [0.15, 0.2) is 0 Å². The van der Waals surface area contributed by atoms with Gasteiger partial charge in [-0.3, -0.25) is 4.79 Å². The summed E-state index contributed by atoms with van der Waals surface area (Å²) in [5, 5.41) is 0.697. The standard InChI is InChI=1S/C13H17ClO3/c1-8-7-11(14)9(2)10(13(8)17-4)5-6-12(15)16-3/h7H,5-6H2,1-4H3. The summed E-state index contributed by atoms with van der Waals surface area (Å²) in [6, 6.07) is 1.87. The van der Waals surface area contributed by atoms with Crippen LogP contribution in [0.4, 0.5) is 0 Å². The molecule has 1 aromatic rings. The van der Waals surface area contributed by atoms with Gasteiger partial charge >= 0.3 is 5.97 Å². The van der Waals surface area contributed by atoms with Gasteiger partial charge in [-0.15, -0.1) is 0 Å². The van der Waals surface area contributed by atoms with E-state index in [9.17, 15) is 4.79 Å². The van der Waals surface area contributed by atoms with Crippen molar-refractivity contribution in [2.24, 2.45) is 0 Å². The lowest BCUT2D eigenvalue weighted by atomic mass is 9.99. The van der Waals surface area contributed by atoms with Crippen LogP contribution in [0.25, 0.3) is 0 Å². The molecule has 0 N–H and O–H groups in total. The number of hydrogen-bond donors (Lipinski definition) is 0. The minimum atomic E-state index is -0.232. The van der Waals surface area contributed by atoms with Crippen molar-refractivity contribution in [3.8, 4) is 5.75 Å². The van der Waals surface area contributed by atoms with E-state index >= 15 is 0 Å². The normalized spacial score (nSPS) is 10.2. The third-order valence-electron chi connectivity index (χ3n) is 2.80. The van der Waals surface area contributed by atoms with E-state index < -0.39 is 0 Å². The van der Waals surface area contributed by atoms with Gasteiger partial charge in [-0.25, -0.2) is 0 Å². The summed E-state index contributed by atoms with van der Waals surface area (Å²) < 4.78 is 10.0. The highest BCUT2D eigenvalue weighted by Gasteiger charge is 2.14. The molecule has 0 heterocycles. The molecule has 17 heavy (non-hydrogen) atoms. The molecule has 0 saturated heterocycles. The van der Waals surface area contributed by atoms with Crippen LogP contribution >= 0.6 is 11.6 Å². The van der Waals surface area contributed by atoms with Crippen molar-refractivity contribution in [3.05, 3.63) is 27.8 Å². The van der Waals surface area contributed by atoms with Crippen LogP contribution in [0.3, 0.4) is 0 Å². The lowest BCUT2D eigenvalue weighted by Crippen LogP contribution is -2.05. The van der Waals surface area contributed by atoms with Crippen LogP contribution in [-0.4, -0.2) is 20.2 Å². The lowest BCUT2D eigenvalue weighted by molar-refractivity contribution is -0.140. The van der Waals surface area contributed by atoms with Crippen LogP contribution in [0.5, 0.6) is 5.75 Å². The smallest absolute Gasteiger partial charge is 0.305 e. The monoisotopic (exact) mass is 256 g/mol. The van der Waals surface area contributed by atoms with Gasteiger partial charge < -0.3 is 9.47 Å². The van der Waals surface area contributed by atoms with Gasteiger partial charge in [0.2, 0.25) is 0 Å². The third-order valence-corrected chi connectivity index (χ3v) is 3.19. The van der Waals surface area contributed by atoms with E-state index in [2.05, 4.69) is 4.74 Å². The fraction of sp³-hybridized carbons (Fsp3) is 0.462. The number of hydrogen-bond acceptors (Lipinski definition) is 3. The van der Waals surface area contributed by atoms with Gasteiger partial charge in [-0.05, 0) is 43.0 Å². The highest BCUT2D eigenvalue weighted by Crippen LogP contribution is 2.32. The highest BCUT2D eigenvalue weighted by atomic mass is 35.5. The number of esters is 1. The molecule has 0 bridgehead atoms. The predicted octanol–water partition coefficient (Wildman–Crippen LogP) is 3.07. The van der Waals surface area contributed by atoms with E-state index in [-0.39, 0.29) is 5.97 Å². The topological polar surface area (TPSA) is 35.5 Å². The molecular weight excluding hydrogens is 240 g/mol. The Hall–Kier alpha value is -1.22. The van der Waals surface area contributed by atoms with Crippen molar-refractivity contribution in [2.45, 2.75) is 26.7 Å². The zero-order chi connectivity index (χ0) is 13.0. The molecule has 0 radical (unpaired) electrons. The molecule has 0 fully saturated rings. The van der Waals surface area contributed by atoms with E-state index in [1.807, 2.05) is 19.9 Å². The maximum absolute atomic E-state index is 11.2. The van der Waals surface area contributed by atoms with Gasteiger partial charge in [-0.1, -0.05) is 11.6 Å². The number of benzene rings is 1. The first-order valence-corrected chi connectivity index (χ1v) is 5.78. The Morgan fingerprint density at radius 2 is 2.00 bits per heavy atom. The van der Waals surface area contributed by atoms with Gasteiger partial charge in [0.25, 0.3) is 0 Å². The van der Waals surface area contributed by atoms with E-state index in [4.69, 9.17) is 16.3 Å². The van der Waals surface area contributed by atoms with Crippen molar-refractivity contribution in [2.75, 3.05) is 14.2 Å². The van der Waals surface area contributed by atoms with Crippen LogP contribution in [0.2, 0.25) is 5.02 Å². The van der Waals surface area contributed by atoms with Gasteiger partial charge in [0.05, 0.1) is 14.2 Å². The van der Waals surface area contributed by atoms with Crippen molar-refractivity contribution in [1.29, 1.82) is 0 Å². The van der Waals surface area contributed by atoms with Crippen LogP contribution in [-0.2, 0) is 16.0 Å². The Kier molecular flexibility index (Phi) is 4.82. The molecule has 1 rings (SSSR count). The van der Waals surface area contributed by atoms with Crippen LogP contribution in [0.1, 0.15) is 23.1 Å². The second-order valence-corrected chi connectivity index (χ2v) is 4.30. The molecule has 3 nitrogen and oxygen atoms in total. The largest absolute Gasteiger partial charge is 0.496 e. The molecule has 0 spiro atoms. The molecule has 0 amide bonds. The first-order valence-electron chi connectivity index (χ1n) is 5.40. The zero-order valence-electron chi connectivity index (χ0n) is 10.6. The minimum absolute atomic E-state index is 0.232. The van der Waals surface area contributed by atoms with Crippen LogP contribution < -0.4 is 4.74 Å². The fourth-order valence-corrected chi connectivity index (χ4v) is 2.11. The number of carbonyl (C=O) groups is 1. The highest BCUT2D eigenvalue weighted by molar-refractivity contribution is 6.31. The number of rotatable bonds is 4. The molecule has 1 aromatic carbocycles. The zero-order valence-corrected chi connectivity index (χ0v) is 11.4.